The number of rotatable bonds is 3. The number of benzene rings is 1. The van der Waals surface area contributed by atoms with E-state index < -0.39 is 6.10 Å². The van der Waals surface area contributed by atoms with Crippen molar-refractivity contribution in [2.45, 2.75) is 26.5 Å². The lowest BCUT2D eigenvalue weighted by Crippen LogP contribution is -2.06. The molecule has 0 aliphatic heterocycles. The molecule has 2 aromatic rings. The molecular formula is C14H17NO. The van der Waals surface area contributed by atoms with Crippen molar-refractivity contribution in [3.8, 4) is 0 Å². The third-order valence-corrected chi connectivity index (χ3v) is 2.89. The normalized spacial score (nSPS) is 12.7. The molecule has 1 aromatic heterocycles. The Morgan fingerprint density at radius 1 is 1.19 bits per heavy atom. The van der Waals surface area contributed by atoms with Gasteiger partial charge in [-0.25, -0.2) is 0 Å². The molecule has 1 aromatic carbocycles. The van der Waals surface area contributed by atoms with Crippen molar-refractivity contribution in [3.63, 3.8) is 0 Å². The smallest absolute Gasteiger partial charge is 0.0911 e. The lowest BCUT2D eigenvalue weighted by Gasteiger charge is -2.12. The zero-order valence-electron chi connectivity index (χ0n) is 9.72. The van der Waals surface area contributed by atoms with Gasteiger partial charge in [0.15, 0.2) is 0 Å². The van der Waals surface area contributed by atoms with E-state index in [0.717, 1.165) is 12.2 Å². The van der Waals surface area contributed by atoms with E-state index in [4.69, 9.17) is 0 Å². The predicted octanol–water partition coefficient (Wildman–Crippen LogP) is 2.90. The molecule has 1 heterocycles. The zero-order chi connectivity index (χ0) is 11.5. The van der Waals surface area contributed by atoms with Crippen molar-refractivity contribution in [2.75, 3.05) is 0 Å². The van der Waals surface area contributed by atoms with Gasteiger partial charge in [0, 0.05) is 18.4 Å². The van der Waals surface area contributed by atoms with Crippen molar-refractivity contribution in [1.82, 2.24) is 4.57 Å². The summed E-state index contributed by atoms with van der Waals surface area (Å²) in [7, 11) is 0. The van der Waals surface area contributed by atoms with Crippen LogP contribution in [-0.2, 0) is 6.54 Å². The first kappa shape index (κ1) is 11.0. The van der Waals surface area contributed by atoms with Crippen LogP contribution in [0.3, 0.4) is 0 Å². The molecular weight excluding hydrogens is 198 g/mol. The summed E-state index contributed by atoms with van der Waals surface area (Å²) in [5.74, 6) is 0. The van der Waals surface area contributed by atoms with Gasteiger partial charge in [0.2, 0.25) is 0 Å². The second-order valence-electron chi connectivity index (χ2n) is 4.16. The van der Waals surface area contributed by atoms with E-state index in [2.05, 4.69) is 23.6 Å². The molecule has 0 spiro atoms. The first-order valence-corrected chi connectivity index (χ1v) is 5.56. The lowest BCUT2D eigenvalue weighted by molar-refractivity contribution is 0.190. The van der Waals surface area contributed by atoms with Crippen molar-refractivity contribution in [2.24, 2.45) is 0 Å². The molecule has 1 atom stereocenters. The maximum absolute atomic E-state index is 9.62. The number of hydrogen-bond acceptors (Lipinski definition) is 1. The van der Waals surface area contributed by atoms with Crippen LogP contribution in [0.1, 0.15) is 29.8 Å². The average molecular weight is 215 g/mol. The van der Waals surface area contributed by atoms with E-state index in [1.54, 1.807) is 6.92 Å². The maximum Gasteiger partial charge on any atom is 0.0911 e. The van der Waals surface area contributed by atoms with Crippen LogP contribution in [0.2, 0.25) is 0 Å². The summed E-state index contributed by atoms with van der Waals surface area (Å²) < 4.78 is 2.09. The first-order chi connectivity index (χ1) is 7.68. The number of aryl methyl sites for hydroxylation is 1. The Labute approximate surface area is 96.2 Å². The summed E-state index contributed by atoms with van der Waals surface area (Å²) in [6, 6.07) is 12.3. The molecule has 1 unspecified atom stereocenters. The maximum atomic E-state index is 9.62. The largest absolute Gasteiger partial charge is 0.387 e. The van der Waals surface area contributed by atoms with Crippen molar-refractivity contribution in [1.29, 1.82) is 0 Å². The highest BCUT2D eigenvalue weighted by Gasteiger charge is 2.07. The summed E-state index contributed by atoms with van der Waals surface area (Å²) in [5.41, 5.74) is 3.54. The fourth-order valence-corrected chi connectivity index (χ4v) is 1.92. The van der Waals surface area contributed by atoms with E-state index in [0.29, 0.717) is 0 Å². The highest BCUT2D eigenvalue weighted by Crippen LogP contribution is 2.16. The Bertz CT molecular complexity index is 471. The molecule has 0 saturated carbocycles. The average Bonchev–Trinajstić information content (AvgIpc) is 2.69. The predicted molar refractivity (Wildman–Crippen MR) is 65.3 cm³/mol. The minimum atomic E-state index is -0.418. The Balaban J connectivity index is 2.27. The van der Waals surface area contributed by atoms with Crippen LogP contribution in [-0.4, -0.2) is 9.67 Å². The number of hydrogen-bond donors (Lipinski definition) is 1. The minimum absolute atomic E-state index is 0.418. The highest BCUT2D eigenvalue weighted by atomic mass is 16.3. The number of aliphatic hydroxyl groups excluding tert-OH is 1. The molecule has 16 heavy (non-hydrogen) atoms. The van der Waals surface area contributed by atoms with E-state index in [-0.39, 0.29) is 0 Å². The van der Waals surface area contributed by atoms with Gasteiger partial charge in [0.05, 0.1) is 6.10 Å². The van der Waals surface area contributed by atoms with Crippen LogP contribution < -0.4 is 0 Å². The van der Waals surface area contributed by atoms with Gasteiger partial charge in [-0.15, -0.1) is 0 Å². The fourth-order valence-electron chi connectivity index (χ4n) is 1.92. The standard InChI is InChI=1S/C14H17NO/c1-11-6-3-4-7-13(11)10-15-9-5-8-14(15)12(2)16/h3-9,12,16H,10H2,1-2H3. The molecule has 0 radical (unpaired) electrons. The van der Waals surface area contributed by atoms with Crippen LogP contribution in [0, 0.1) is 6.92 Å². The molecule has 2 heteroatoms. The van der Waals surface area contributed by atoms with Gasteiger partial charge in [-0.3, -0.25) is 0 Å². The molecule has 1 N–H and O–H groups in total. The van der Waals surface area contributed by atoms with Gasteiger partial charge in [-0.2, -0.15) is 0 Å². The Hall–Kier alpha value is -1.54. The van der Waals surface area contributed by atoms with Crippen molar-refractivity contribution in [3.05, 3.63) is 59.4 Å². The van der Waals surface area contributed by atoms with Gasteiger partial charge in [-0.1, -0.05) is 24.3 Å². The van der Waals surface area contributed by atoms with E-state index in [1.165, 1.54) is 11.1 Å². The molecule has 0 saturated heterocycles. The highest BCUT2D eigenvalue weighted by molar-refractivity contribution is 5.26. The molecule has 2 nitrogen and oxygen atoms in total. The molecule has 0 bridgehead atoms. The Kier molecular flexibility index (Phi) is 3.11. The number of aromatic nitrogens is 1. The van der Waals surface area contributed by atoms with E-state index in [9.17, 15) is 5.11 Å². The van der Waals surface area contributed by atoms with Crippen LogP contribution >= 0.6 is 0 Å². The van der Waals surface area contributed by atoms with Crippen LogP contribution in [0.15, 0.2) is 42.6 Å². The van der Waals surface area contributed by atoms with Gasteiger partial charge in [-0.05, 0) is 37.1 Å². The first-order valence-electron chi connectivity index (χ1n) is 5.56. The molecule has 2 rings (SSSR count). The molecule has 0 amide bonds. The SMILES string of the molecule is Cc1ccccc1Cn1cccc1C(C)O. The van der Waals surface area contributed by atoms with Gasteiger partial charge in [0.25, 0.3) is 0 Å². The Morgan fingerprint density at radius 3 is 2.62 bits per heavy atom. The lowest BCUT2D eigenvalue weighted by atomic mass is 10.1. The Morgan fingerprint density at radius 2 is 1.94 bits per heavy atom. The summed E-state index contributed by atoms with van der Waals surface area (Å²) in [5, 5.41) is 9.62. The number of nitrogens with zero attached hydrogens (tertiary/aromatic N) is 1. The van der Waals surface area contributed by atoms with Gasteiger partial charge in [0.1, 0.15) is 0 Å². The third kappa shape index (κ3) is 2.17. The number of aliphatic hydroxyl groups is 1. The van der Waals surface area contributed by atoms with Gasteiger partial charge < -0.3 is 9.67 Å². The summed E-state index contributed by atoms with van der Waals surface area (Å²) in [4.78, 5) is 0. The molecule has 0 fully saturated rings. The van der Waals surface area contributed by atoms with Crippen LogP contribution in [0.5, 0.6) is 0 Å². The molecule has 84 valence electrons. The quantitative estimate of drug-likeness (QED) is 0.836. The molecule has 0 aliphatic rings. The second-order valence-corrected chi connectivity index (χ2v) is 4.16. The van der Waals surface area contributed by atoms with Crippen molar-refractivity contribution < 1.29 is 5.11 Å². The summed E-state index contributed by atoms with van der Waals surface area (Å²) in [6.45, 7) is 4.73. The topological polar surface area (TPSA) is 25.2 Å². The van der Waals surface area contributed by atoms with Gasteiger partial charge >= 0.3 is 0 Å². The third-order valence-electron chi connectivity index (χ3n) is 2.89. The summed E-state index contributed by atoms with van der Waals surface area (Å²) in [6.07, 6.45) is 1.59. The van der Waals surface area contributed by atoms with Crippen LogP contribution in [0.25, 0.3) is 0 Å². The van der Waals surface area contributed by atoms with E-state index >= 15 is 0 Å². The fraction of sp³-hybridized carbons (Fsp3) is 0.286. The van der Waals surface area contributed by atoms with Crippen molar-refractivity contribution >= 4 is 0 Å². The van der Waals surface area contributed by atoms with Crippen LogP contribution in [0.4, 0.5) is 0 Å². The monoisotopic (exact) mass is 215 g/mol. The zero-order valence-corrected chi connectivity index (χ0v) is 9.72. The summed E-state index contributed by atoms with van der Waals surface area (Å²) >= 11 is 0. The minimum Gasteiger partial charge on any atom is -0.387 e. The van der Waals surface area contributed by atoms with E-state index in [1.807, 2.05) is 30.5 Å². The second kappa shape index (κ2) is 4.54. The molecule has 0 aliphatic carbocycles.